The average Bonchev–Trinajstić information content (AvgIpc) is 3.95. The van der Waals surface area contributed by atoms with Gasteiger partial charge in [0.2, 0.25) is 0 Å². The lowest BCUT2D eigenvalue weighted by molar-refractivity contribution is -0.671. The number of piperazine rings is 2. The van der Waals surface area contributed by atoms with Crippen LogP contribution >= 0.6 is 24.8 Å². The Labute approximate surface area is 491 Å². The second kappa shape index (κ2) is 31.6. The van der Waals surface area contributed by atoms with Gasteiger partial charge in [-0.1, -0.05) is 16.3 Å². The number of aromatic hydroxyl groups is 2. The highest BCUT2D eigenvalue weighted by Gasteiger charge is 2.20. The van der Waals surface area contributed by atoms with Crippen molar-refractivity contribution in [2.45, 2.75) is 0 Å². The third-order valence-electron chi connectivity index (χ3n) is 12.7. The maximum atomic E-state index is 10.5. The molecular weight excluding hydrogens is 1110 g/mol. The van der Waals surface area contributed by atoms with Crippen LogP contribution in [0.15, 0.2) is 201 Å². The van der Waals surface area contributed by atoms with Crippen molar-refractivity contribution in [2.24, 2.45) is 83.9 Å². The SMILES string of the molecule is Cl.Cl.Cn1cc[n+](C)c1N=Nc1ccc(N2CCN(c3ccc(N=Nc4cc[n+](C)cc4)c(O)c3)CC2)cc1.Cn1cc[n+](C)c1N=Nc1ccc(N2CCN(c3cccc(O)c3)CC2)cc1.Cn1ccc(=NN)cc1.[Cl-].[Cl-].[Cl-]. The number of nitrogens with two attached hydrogens (primary N) is 1. The highest BCUT2D eigenvalue weighted by Crippen LogP contribution is 2.33. The molecule has 0 bridgehead atoms. The van der Waals surface area contributed by atoms with Gasteiger partial charge in [0.05, 0.1) is 64.0 Å². The van der Waals surface area contributed by atoms with Gasteiger partial charge in [0.25, 0.3) is 0 Å². The molecule has 0 spiro atoms. The number of halogens is 5. The van der Waals surface area contributed by atoms with Gasteiger partial charge in [-0.15, -0.1) is 35.0 Å². The summed E-state index contributed by atoms with van der Waals surface area (Å²) in [5, 5.41) is 50.3. The molecule has 4 aromatic carbocycles. The van der Waals surface area contributed by atoms with Crippen LogP contribution in [0, 0.1) is 0 Å². The van der Waals surface area contributed by atoms with E-state index in [0.717, 1.165) is 104 Å². The van der Waals surface area contributed by atoms with Crippen molar-refractivity contribution in [3.8, 4) is 11.5 Å². The minimum absolute atomic E-state index is 0. The number of imidazole rings is 2. The first-order valence-corrected chi connectivity index (χ1v) is 24.3. The number of nitrogens with zero attached hydrogens (tertiary/aromatic N) is 17. The summed E-state index contributed by atoms with van der Waals surface area (Å²) < 4.78 is 11.6. The fourth-order valence-electron chi connectivity index (χ4n) is 8.29. The molecule has 79 heavy (non-hydrogen) atoms. The summed E-state index contributed by atoms with van der Waals surface area (Å²) in [6, 6.07) is 36.8. The van der Waals surface area contributed by atoms with Crippen LogP contribution in [0.1, 0.15) is 0 Å². The van der Waals surface area contributed by atoms with E-state index in [1.807, 2.05) is 198 Å². The average molecular weight is 1180 g/mol. The smallest absolute Gasteiger partial charge is 0.421 e. The number of phenols is 2. The summed E-state index contributed by atoms with van der Waals surface area (Å²) in [6.07, 6.45) is 15.4. The summed E-state index contributed by atoms with van der Waals surface area (Å²) >= 11 is 0. The van der Waals surface area contributed by atoms with Gasteiger partial charge in [-0.25, -0.2) is 22.8 Å². The van der Waals surface area contributed by atoms with Crippen molar-refractivity contribution in [3.63, 3.8) is 0 Å². The number of azo groups is 3. The number of phenolic OH excluding ortho intramolecular Hbond substituents is 2. The Bertz CT molecular complexity index is 3220. The Morgan fingerprint density at radius 1 is 0.443 bits per heavy atom. The third-order valence-corrected chi connectivity index (χ3v) is 12.7. The van der Waals surface area contributed by atoms with Gasteiger partial charge in [-0.3, -0.25) is 0 Å². The second-order valence-electron chi connectivity index (χ2n) is 18.0. The van der Waals surface area contributed by atoms with Crippen molar-refractivity contribution in [2.75, 3.05) is 72.0 Å². The normalized spacial score (nSPS) is 12.9. The Morgan fingerprint density at radius 3 is 1.25 bits per heavy atom. The summed E-state index contributed by atoms with van der Waals surface area (Å²) in [6.45, 7) is 7.20. The van der Waals surface area contributed by atoms with E-state index in [1.54, 1.807) is 12.1 Å². The van der Waals surface area contributed by atoms with Crippen molar-refractivity contribution >= 4 is 82.2 Å². The standard InChI is InChI=1S/C27H30N9O.C21H24N6O.C6H9N3.5ClH/c1-32-12-10-22(11-13-32)28-30-25-9-8-24(20-26(25)37)36-18-16-35(17-19-36)23-6-4-21(5-7-23)29-31-27-33(2)14-15-34(27)3;1-24-10-11-25(2)21(24)23-22-17-6-8-18(9-7-17)26-12-14-27(15-13-26)19-4-3-5-20(28)16-19;1-9-4-2-6(8-7)3-5-9;;;;;/h4-15,20H,16-19H2,1-3H3;3-11,16H,12-15H2,1-2H3;2-5H,7H2,1H3;5*1H/q+1;;;;;;;/p-1. The van der Waals surface area contributed by atoms with E-state index in [1.165, 1.54) is 5.69 Å². The molecular formula is C54H67Cl5N18O2. The van der Waals surface area contributed by atoms with E-state index >= 15 is 0 Å². The first-order valence-electron chi connectivity index (χ1n) is 24.3. The van der Waals surface area contributed by atoms with E-state index in [-0.39, 0.29) is 67.8 Å². The van der Waals surface area contributed by atoms with Crippen LogP contribution < -0.4 is 81.7 Å². The Balaban J connectivity index is 0.000000347. The van der Waals surface area contributed by atoms with Crippen LogP contribution in [0.25, 0.3) is 0 Å². The topological polar surface area (TPSA) is 192 Å². The molecule has 0 saturated carbocycles. The fourth-order valence-corrected chi connectivity index (χ4v) is 8.29. The molecule has 2 fully saturated rings. The first-order chi connectivity index (χ1) is 35.9. The molecule has 4 N–H and O–H groups in total. The molecule has 0 amide bonds. The quantitative estimate of drug-likeness (QED) is 0.0712. The highest BCUT2D eigenvalue weighted by atomic mass is 35.5. The second-order valence-corrected chi connectivity index (χ2v) is 18.0. The minimum atomic E-state index is 0. The predicted octanol–water partition coefficient (Wildman–Crippen LogP) is -0.511. The largest absolute Gasteiger partial charge is 1.00 e. The summed E-state index contributed by atoms with van der Waals surface area (Å²) in [5.74, 6) is 7.04. The summed E-state index contributed by atoms with van der Waals surface area (Å²) in [7, 11) is 11.7. The molecule has 2 aliphatic rings. The molecule has 420 valence electrons. The van der Waals surface area contributed by atoms with Crippen molar-refractivity contribution in [1.82, 2.24) is 13.7 Å². The van der Waals surface area contributed by atoms with Crippen LogP contribution in [0.4, 0.5) is 57.4 Å². The van der Waals surface area contributed by atoms with Crippen molar-refractivity contribution in [1.29, 1.82) is 0 Å². The number of benzene rings is 4. The molecule has 2 saturated heterocycles. The third kappa shape index (κ3) is 18.2. The van der Waals surface area contributed by atoms with Crippen molar-refractivity contribution < 1.29 is 61.1 Å². The Morgan fingerprint density at radius 2 is 0.848 bits per heavy atom. The molecule has 0 unspecified atom stereocenters. The molecule has 0 radical (unpaired) electrons. The maximum absolute atomic E-state index is 10.5. The molecule has 20 nitrogen and oxygen atoms in total. The van der Waals surface area contributed by atoms with Gasteiger partial charge in [-0.05, 0) is 84.9 Å². The van der Waals surface area contributed by atoms with Gasteiger partial charge in [0, 0.05) is 129 Å². The summed E-state index contributed by atoms with van der Waals surface area (Å²) in [4.78, 5) is 9.31. The number of pyridine rings is 2. The summed E-state index contributed by atoms with van der Waals surface area (Å²) in [5.41, 5.74) is 7.25. The van der Waals surface area contributed by atoms with Crippen LogP contribution in [-0.2, 0) is 42.3 Å². The van der Waals surface area contributed by atoms with Crippen LogP contribution in [-0.4, -0.2) is 76.3 Å². The number of rotatable bonds is 10. The van der Waals surface area contributed by atoms with Gasteiger partial charge in [0.1, 0.15) is 35.6 Å². The molecule has 2 aliphatic heterocycles. The first kappa shape index (κ1) is 65.5. The van der Waals surface area contributed by atoms with Crippen LogP contribution in [0.3, 0.4) is 0 Å². The van der Waals surface area contributed by atoms with Gasteiger partial charge >= 0.3 is 11.9 Å². The predicted molar refractivity (Wildman–Crippen MR) is 301 cm³/mol. The molecule has 0 atom stereocenters. The molecule has 10 rings (SSSR count). The van der Waals surface area contributed by atoms with E-state index in [4.69, 9.17) is 5.84 Å². The van der Waals surface area contributed by atoms with Gasteiger partial charge in [0.15, 0.2) is 12.4 Å². The number of aryl methyl sites for hydroxylation is 6. The molecule has 4 aromatic heterocycles. The number of hydrogen-bond donors (Lipinski definition) is 3. The van der Waals surface area contributed by atoms with E-state index < -0.39 is 0 Å². The molecule has 6 heterocycles. The van der Waals surface area contributed by atoms with Crippen LogP contribution in [0.2, 0.25) is 0 Å². The van der Waals surface area contributed by atoms with Gasteiger partial charge < -0.3 is 77.4 Å². The lowest BCUT2D eigenvalue weighted by atomic mass is 10.2. The Hall–Kier alpha value is -7.75. The Kier molecular flexibility index (Phi) is 26.2. The monoisotopic (exact) mass is 1170 g/mol. The molecule has 0 aliphatic carbocycles. The molecule has 25 heteroatoms. The fraction of sp³-hybridized carbons (Fsp3) is 0.259. The highest BCUT2D eigenvalue weighted by molar-refractivity contribution is 5.85. The minimum Gasteiger partial charge on any atom is -1.00 e. The zero-order valence-electron chi connectivity index (χ0n) is 44.8. The number of anilines is 4. The van der Waals surface area contributed by atoms with E-state index in [0.29, 0.717) is 11.4 Å². The number of aromatic nitrogens is 6. The lowest BCUT2D eigenvalue weighted by Gasteiger charge is -2.37. The van der Waals surface area contributed by atoms with Crippen molar-refractivity contribution in [3.05, 3.63) is 170 Å². The number of hydrogen-bond acceptors (Lipinski definition) is 14. The maximum Gasteiger partial charge on any atom is 0.421 e. The van der Waals surface area contributed by atoms with Gasteiger partial charge in [-0.2, -0.15) is 5.10 Å². The van der Waals surface area contributed by atoms with Crippen LogP contribution in [0.5, 0.6) is 11.5 Å². The zero-order valence-corrected chi connectivity index (χ0v) is 48.7. The van der Waals surface area contributed by atoms with E-state index in [2.05, 4.69) is 79.7 Å². The van der Waals surface area contributed by atoms with E-state index in [9.17, 15) is 10.2 Å². The molecule has 8 aromatic rings. The zero-order chi connectivity index (χ0) is 52.0. The lowest BCUT2D eigenvalue weighted by Crippen LogP contribution is -3.00.